The number of carbonyl (C=O) groups is 1. The van der Waals surface area contributed by atoms with Gasteiger partial charge in [0, 0.05) is 29.1 Å². The number of aryl methyl sites for hydroxylation is 1. The smallest absolute Gasteiger partial charge is 0.304 e. The lowest BCUT2D eigenvalue weighted by Crippen LogP contribution is -2.14. The molecule has 3 rings (SSSR count). The van der Waals surface area contributed by atoms with E-state index in [1.54, 1.807) is 0 Å². The zero-order chi connectivity index (χ0) is 16.6. The second-order valence-corrected chi connectivity index (χ2v) is 6.94. The molecule has 0 fully saturated rings. The Morgan fingerprint density at radius 2 is 2.09 bits per heavy atom. The normalized spacial score (nSPS) is 16.8. The number of aromatic nitrogens is 2. The van der Waals surface area contributed by atoms with Crippen LogP contribution in [0.1, 0.15) is 61.3 Å². The second kappa shape index (κ2) is 6.36. The number of fused-ring (bicyclic) bond motifs is 1. The second-order valence-electron chi connectivity index (χ2n) is 6.50. The Hall–Kier alpha value is -1.81. The molecule has 0 amide bonds. The maximum Gasteiger partial charge on any atom is 0.304 e. The van der Waals surface area contributed by atoms with Crippen molar-refractivity contribution in [3.8, 4) is 0 Å². The number of benzene rings is 1. The Kier molecular flexibility index (Phi) is 4.44. The van der Waals surface area contributed by atoms with E-state index in [0.717, 1.165) is 40.6 Å². The van der Waals surface area contributed by atoms with Gasteiger partial charge < -0.3 is 9.67 Å². The van der Waals surface area contributed by atoms with Gasteiger partial charge in [0.15, 0.2) is 0 Å². The van der Waals surface area contributed by atoms with Crippen molar-refractivity contribution in [3.63, 3.8) is 0 Å². The number of hydrogen-bond acceptors (Lipinski definition) is 2. The van der Waals surface area contributed by atoms with E-state index in [-0.39, 0.29) is 12.3 Å². The molecule has 23 heavy (non-hydrogen) atoms. The van der Waals surface area contributed by atoms with Gasteiger partial charge in [-0.15, -0.1) is 0 Å². The highest BCUT2D eigenvalue weighted by Gasteiger charge is 2.32. The molecule has 0 aliphatic heterocycles. The van der Waals surface area contributed by atoms with E-state index in [1.807, 2.05) is 24.3 Å². The van der Waals surface area contributed by atoms with Crippen LogP contribution in [0.15, 0.2) is 24.3 Å². The Balaban J connectivity index is 2.00. The van der Waals surface area contributed by atoms with Crippen LogP contribution in [0.5, 0.6) is 0 Å². The summed E-state index contributed by atoms with van der Waals surface area (Å²) in [7, 11) is 0. The lowest BCUT2D eigenvalue weighted by atomic mass is 10.0. The monoisotopic (exact) mass is 332 g/mol. The molecule has 0 radical (unpaired) electrons. The van der Waals surface area contributed by atoms with Crippen LogP contribution in [-0.4, -0.2) is 20.6 Å². The zero-order valence-electron chi connectivity index (χ0n) is 13.4. The number of nitrogens with zero attached hydrogens (tertiary/aromatic N) is 2. The van der Waals surface area contributed by atoms with Crippen LogP contribution in [0.2, 0.25) is 5.02 Å². The third kappa shape index (κ3) is 3.27. The third-order valence-corrected chi connectivity index (χ3v) is 4.67. The van der Waals surface area contributed by atoms with E-state index in [0.29, 0.717) is 12.5 Å². The van der Waals surface area contributed by atoms with Gasteiger partial charge in [0.1, 0.15) is 5.82 Å². The summed E-state index contributed by atoms with van der Waals surface area (Å²) in [6, 6.07) is 7.80. The van der Waals surface area contributed by atoms with Crippen LogP contribution in [0.3, 0.4) is 0 Å². The minimum Gasteiger partial charge on any atom is -0.481 e. The van der Waals surface area contributed by atoms with Crippen molar-refractivity contribution in [1.29, 1.82) is 0 Å². The first kappa shape index (κ1) is 16.1. The highest BCUT2D eigenvalue weighted by atomic mass is 35.5. The summed E-state index contributed by atoms with van der Waals surface area (Å²) in [6.07, 6.45) is 1.93. The zero-order valence-corrected chi connectivity index (χ0v) is 14.2. The van der Waals surface area contributed by atoms with Crippen molar-refractivity contribution in [1.82, 2.24) is 9.55 Å². The maximum absolute atomic E-state index is 11.2. The van der Waals surface area contributed by atoms with Gasteiger partial charge in [0.25, 0.3) is 0 Å². The number of aliphatic carboxylic acids is 1. The van der Waals surface area contributed by atoms with Crippen LogP contribution in [-0.2, 0) is 17.8 Å². The van der Waals surface area contributed by atoms with Gasteiger partial charge in [-0.2, -0.15) is 0 Å². The Morgan fingerprint density at radius 1 is 1.39 bits per heavy atom. The fraction of sp³-hybridized carbons (Fsp3) is 0.444. The molecular weight excluding hydrogens is 312 g/mol. The summed E-state index contributed by atoms with van der Waals surface area (Å²) in [5, 5.41) is 9.90. The first-order valence-corrected chi connectivity index (χ1v) is 8.39. The molecule has 0 spiro atoms. The van der Waals surface area contributed by atoms with Crippen LogP contribution in [0, 0.1) is 0 Å². The predicted molar refractivity (Wildman–Crippen MR) is 90.2 cm³/mol. The molecule has 5 heteroatoms. The molecule has 0 bridgehead atoms. The minimum atomic E-state index is -0.742. The lowest BCUT2D eigenvalue weighted by molar-refractivity contribution is -0.137. The van der Waals surface area contributed by atoms with Crippen molar-refractivity contribution in [2.45, 2.75) is 51.5 Å². The Morgan fingerprint density at radius 3 is 2.70 bits per heavy atom. The van der Waals surface area contributed by atoms with Gasteiger partial charge in [-0.1, -0.05) is 37.6 Å². The largest absolute Gasteiger partial charge is 0.481 e. The number of halogens is 1. The summed E-state index contributed by atoms with van der Waals surface area (Å²) in [6.45, 7) is 4.97. The van der Waals surface area contributed by atoms with Crippen LogP contribution >= 0.6 is 11.6 Å². The summed E-state index contributed by atoms with van der Waals surface area (Å²) in [5.74, 6) is 0.668. The molecule has 0 saturated carbocycles. The van der Waals surface area contributed by atoms with Crippen molar-refractivity contribution in [3.05, 3.63) is 52.1 Å². The quantitative estimate of drug-likeness (QED) is 0.892. The molecule has 122 valence electrons. The molecule has 1 aromatic carbocycles. The fourth-order valence-electron chi connectivity index (χ4n) is 3.41. The van der Waals surface area contributed by atoms with Gasteiger partial charge in [-0.05, 0) is 30.5 Å². The van der Waals surface area contributed by atoms with Gasteiger partial charge in [0.05, 0.1) is 12.1 Å². The van der Waals surface area contributed by atoms with Gasteiger partial charge >= 0.3 is 5.97 Å². The summed E-state index contributed by atoms with van der Waals surface area (Å²) < 4.78 is 2.23. The van der Waals surface area contributed by atoms with E-state index in [1.165, 1.54) is 0 Å². The molecule has 1 atom stereocenters. The standard InChI is InChI=1S/C18H21ClN2O2/c1-11(2)18-20-15-8-5-13(9-16(22)23)17(15)21(18)10-12-3-6-14(19)7-4-12/h3-4,6-7,11,13H,5,8-10H2,1-2H3,(H,22,23). The summed E-state index contributed by atoms with van der Waals surface area (Å²) in [5.41, 5.74) is 3.34. The highest BCUT2D eigenvalue weighted by Crippen LogP contribution is 2.37. The van der Waals surface area contributed by atoms with Crippen LogP contribution < -0.4 is 0 Å². The molecule has 1 aliphatic carbocycles. The number of carboxylic acid groups (broad SMARTS) is 1. The van der Waals surface area contributed by atoms with Crippen LogP contribution in [0.25, 0.3) is 0 Å². The number of rotatable bonds is 5. The molecule has 2 aromatic rings. The van der Waals surface area contributed by atoms with Crippen molar-refractivity contribution < 1.29 is 9.90 Å². The third-order valence-electron chi connectivity index (χ3n) is 4.42. The molecule has 1 aliphatic rings. The topological polar surface area (TPSA) is 55.1 Å². The van der Waals surface area contributed by atoms with E-state index >= 15 is 0 Å². The fourth-order valence-corrected chi connectivity index (χ4v) is 3.54. The molecular formula is C18H21ClN2O2. The predicted octanol–water partition coefficient (Wildman–Crippen LogP) is 4.21. The lowest BCUT2D eigenvalue weighted by Gasteiger charge is -2.17. The van der Waals surface area contributed by atoms with E-state index in [9.17, 15) is 9.90 Å². The number of hydrogen-bond donors (Lipinski definition) is 1. The molecule has 1 aromatic heterocycles. The molecule has 1 heterocycles. The molecule has 1 N–H and O–H groups in total. The average Bonchev–Trinajstić information content (AvgIpc) is 3.02. The molecule has 4 nitrogen and oxygen atoms in total. The average molecular weight is 333 g/mol. The minimum absolute atomic E-state index is 0.0646. The Bertz CT molecular complexity index is 719. The molecule has 0 saturated heterocycles. The van der Waals surface area contributed by atoms with E-state index in [4.69, 9.17) is 16.6 Å². The van der Waals surface area contributed by atoms with E-state index in [2.05, 4.69) is 18.4 Å². The SMILES string of the molecule is CC(C)c1nc2c(n1Cc1ccc(Cl)cc1)C(CC(=O)O)CC2. The first-order chi connectivity index (χ1) is 11.0. The first-order valence-electron chi connectivity index (χ1n) is 8.01. The number of imidazole rings is 1. The van der Waals surface area contributed by atoms with Crippen molar-refractivity contribution >= 4 is 17.6 Å². The van der Waals surface area contributed by atoms with Gasteiger partial charge in [0.2, 0.25) is 0 Å². The van der Waals surface area contributed by atoms with Crippen LogP contribution in [0.4, 0.5) is 0 Å². The summed E-state index contributed by atoms with van der Waals surface area (Å²) in [4.78, 5) is 16.0. The van der Waals surface area contributed by atoms with E-state index < -0.39 is 5.97 Å². The van der Waals surface area contributed by atoms with Crippen molar-refractivity contribution in [2.24, 2.45) is 0 Å². The number of carboxylic acids is 1. The van der Waals surface area contributed by atoms with Gasteiger partial charge in [-0.25, -0.2) is 4.98 Å². The summed E-state index contributed by atoms with van der Waals surface area (Å²) >= 11 is 5.97. The van der Waals surface area contributed by atoms with Gasteiger partial charge in [-0.3, -0.25) is 4.79 Å². The highest BCUT2D eigenvalue weighted by molar-refractivity contribution is 6.30. The maximum atomic E-state index is 11.2. The van der Waals surface area contributed by atoms with Crippen molar-refractivity contribution in [2.75, 3.05) is 0 Å². The Labute approximate surface area is 141 Å². The molecule has 1 unspecified atom stereocenters.